The molecule has 110 valence electrons. The maximum atomic E-state index is 13.2. The highest BCUT2D eigenvalue weighted by molar-refractivity contribution is 6.10. The molecule has 0 fully saturated rings. The van der Waals surface area contributed by atoms with E-state index in [-0.39, 0.29) is 11.1 Å². The molecule has 0 aliphatic carbocycles. The van der Waals surface area contributed by atoms with Crippen molar-refractivity contribution in [2.75, 3.05) is 6.61 Å². The average Bonchev–Trinajstić information content (AvgIpc) is 2.45. The van der Waals surface area contributed by atoms with Gasteiger partial charge in [-0.1, -0.05) is 11.6 Å². The van der Waals surface area contributed by atoms with E-state index in [1.54, 1.807) is 32.0 Å². The number of benzene rings is 2. The van der Waals surface area contributed by atoms with E-state index in [2.05, 4.69) is 0 Å². The van der Waals surface area contributed by atoms with Gasteiger partial charge in [-0.15, -0.1) is 0 Å². The highest BCUT2D eigenvalue weighted by atomic mass is 19.2. The van der Waals surface area contributed by atoms with Gasteiger partial charge in [0.15, 0.2) is 23.2 Å². The monoisotopic (exact) mass is 294 g/mol. The predicted molar refractivity (Wildman–Crippen MR) is 72.1 cm³/mol. The summed E-state index contributed by atoms with van der Waals surface area (Å²) in [5, 5.41) is 0. The third-order valence-corrected chi connectivity index (χ3v) is 2.93. The highest BCUT2D eigenvalue weighted by Gasteiger charge is 2.19. The molecular formula is C16H13F3O2. The molecule has 0 N–H and O–H groups in total. The molecule has 21 heavy (non-hydrogen) atoms. The lowest BCUT2D eigenvalue weighted by atomic mass is 10.00. The van der Waals surface area contributed by atoms with Crippen LogP contribution >= 0.6 is 0 Å². The van der Waals surface area contributed by atoms with Gasteiger partial charge in [0, 0.05) is 5.56 Å². The maximum absolute atomic E-state index is 13.2. The molecule has 0 spiro atoms. The minimum Gasteiger partial charge on any atom is -0.493 e. The zero-order valence-corrected chi connectivity index (χ0v) is 11.5. The Morgan fingerprint density at radius 3 is 2.29 bits per heavy atom. The number of carbonyl (C=O) groups is 1. The minimum absolute atomic E-state index is 0.183. The molecule has 0 atom stereocenters. The first-order valence-corrected chi connectivity index (χ1v) is 6.36. The molecule has 0 aliphatic rings. The standard InChI is InChI=1S/C16H13F3O2/c1-3-21-14-5-4-9(2)6-11(14)16(20)10-7-12(17)15(19)13(18)8-10/h4-8H,3H2,1-2H3. The van der Waals surface area contributed by atoms with Crippen LogP contribution in [0.2, 0.25) is 0 Å². The Bertz CT molecular complexity index is 673. The fourth-order valence-corrected chi connectivity index (χ4v) is 1.94. The summed E-state index contributed by atoms with van der Waals surface area (Å²) in [5.74, 6) is -4.70. The zero-order valence-electron chi connectivity index (χ0n) is 11.5. The number of aryl methyl sites for hydroxylation is 1. The van der Waals surface area contributed by atoms with Crippen molar-refractivity contribution in [3.63, 3.8) is 0 Å². The number of ether oxygens (including phenoxy) is 1. The summed E-state index contributed by atoms with van der Waals surface area (Å²) in [5.41, 5.74) is 0.713. The molecule has 0 radical (unpaired) electrons. The van der Waals surface area contributed by atoms with E-state index in [1.165, 1.54) is 0 Å². The third-order valence-electron chi connectivity index (χ3n) is 2.93. The minimum atomic E-state index is -1.60. The second-order valence-electron chi connectivity index (χ2n) is 4.52. The molecule has 0 saturated heterocycles. The lowest BCUT2D eigenvalue weighted by Crippen LogP contribution is -2.08. The van der Waals surface area contributed by atoms with E-state index in [0.717, 1.165) is 5.56 Å². The fourth-order valence-electron chi connectivity index (χ4n) is 1.94. The number of carbonyl (C=O) groups excluding carboxylic acids is 1. The Balaban J connectivity index is 2.51. The van der Waals surface area contributed by atoms with Crippen LogP contribution in [0.1, 0.15) is 28.4 Å². The van der Waals surface area contributed by atoms with E-state index < -0.39 is 23.2 Å². The van der Waals surface area contributed by atoms with Crippen LogP contribution in [-0.2, 0) is 0 Å². The summed E-state index contributed by atoms with van der Waals surface area (Å²) in [6.45, 7) is 3.87. The molecule has 5 heteroatoms. The Kier molecular flexibility index (Phi) is 4.31. The van der Waals surface area contributed by atoms with E-state index >= 15 is 0 Å². The van der Waals surface area contributed by atoms with Gasteiger partial charge in [0.2, 0.25) is 0 Å². The van der Waals surface area contributed by atoms with Crippen LogP contribution in [0, 0.1) is 24.4 Å². The largest absolute Gasteiger partial charge is 0.493 e. The summed E-state index contributed by atoms with van der Waals surface area (Å²) < 4.78 is 44.8. The van der Waals surface area contributed by atoms with E-state index in [9.17, 15) is 18.0 Å². The molecule has 2 rings (SSSR count). The SMILES string of the molecule is CCOc1ccc(C)cc1C(=O)c1cc(F)c(F)c(F)c1. The molecule has 2 nitrogen and oxygen atoms in total. The van der Waals surface area contributed by atoms with Gasteiger partial charge in [0.05, 0.1) is 12.2 Å². The van der Waals surface area contributed by atoms with Crippen molar-refractivity contribution in [2.24, 2.45) is 0 Å². The summed E-state index contributed by atoms with van der Waals surface area (Å²) in [6, 6.07) is 6.29. The lowest BCUT2D eigenvalue weighted by Gasteiger charge is -2.10. The van der Waals surface area contributed by atoms with Gasteiger partial charge in [-0.25, -0.2) is 13.2 Å². The van der Waals surface area contributed by atoms with E-state index in [0.29, 0.717) is 24.5 Å². The summed E-state index contributed by atoms with van der Waals surface area (Å²) in [7, 11) is 0. The normalized spacial score (nSPS) is 10.5. The topological polar surface area (TPSA) is 26.3 Å². The van der Waals surface area contributed by atoms with Crippen molar-refractivity contribution in [1.82, 2.24) is 0 Å². The average molecular weight is 294 g/mol. The van der Waals surface area contributed by atoms with Crippen molar-refractivity contribution in [2.45, 2.75) is 13.8 Å². The van der Waals surface area contributed by atoms with Crippen LogP contribution in [0.3, 0.4) is 0 Å². The molecule has 0 saturated carbocycles. The predicted octanol–water partition coefficient (Wildman–Crippen LogP) is 4.04. The van der Waals surface area contributed by atoms with Crippen LogP contribution < -0.4 is 4.74 Å². The van der Waals surface area contributed by atoms with Crippen molar-refractivity contribution in [3.8, 4) is 5.75 Å². The molecule has 2 aromatic carbocycles. The van der Waals surface area contributed by atoms with Gasteiger partial charge >= 0.3 is 0 Å². The molecule has 0 amide bonds. The third kappa shape index (κ3) is 3.07. The highest BCUT2D eigenvalue weighted by Crippen LogP contribution is 2.24. The van der Waals surface area contributed by atoms with Crippen LogP contribution in [0.15, 0.2) is 30.3 Å². The van der Waals surface area contributed by atoms with Crippen molar-refractivity contribution >= 4 is 5.78 Å². The molecule has 0 aromatic heterocycles. The molecule has 0 unspecified atom stereocenters. The molecule has 2 aromatic rings. The van der Waals surface area contributed by atoms with E-state index in [4.69, 9.17) is 4.74 Å². The molecular weight excluding hydrogens is 281 g/mol. The van der Waals surface area contributed by atoms with Gasteiger partial charge in [-0.2, -0.15) is 0 Å². The number of hydrogen-bond donors (Lipinski definition) is 0. The van der Waals surface area contributed by atoms with Crippen molar-refractivity contribution in [1.29, 1.82) is 0 Å². The first-order chi connectivity index (χ1) is 9.93. The maximum Gasteiger partial charge on any atom is 0.196 e. The summed E-state index contributed by atoms with van der Waals surface area (Å²) in [6.07, 6.45) is 0. The number of halogens is 3. The smallest absolute Gasteiger partial charge is 0.196 e. The Hall–Kier alpha value is -2.30. The Morgan fingerprint density at radius 2 is 1.71 bits per heavy atom. The number of ketones is 1. The first-order valence-electron chi connectivity index (χ1n) is 6.36. The van der Waals surface area contributed by atoms with Gasteiger partial charge < -0.3 is 4.74 Å². The van der Waals surface area contributed by atoms with Gasteiger partial charge in [0.25, 0.3) is 0 Å². The number of hydrogen-bond acceptors (Lipinski definition) is 2. The fraction of sp³-hybridized carbons (Fsp3) is 0.188. The summed E-state index contributed by atoms with van der Waals surface area (Å²) in [4.78, 5) is 12.4. The second kappa shape index (κ2) is 5.99. The number of rotatable bonds is 4. The zero-order chi connectivity index (χ0) is 15.6. The van der Waals surface area contributed by atoms with Gasteiger partial charge in [-0.05, 0) is 38.1 Å². The van der Waals surface area contributed by atoms with Crippen molar-refractivity contribution < 1.29 is 22.7 Å². The quantitative estimate of drug-likeness (QED) is 0.628. The van der Waals surface area contributed by atoms with Crippen LogP contribution in [0.25, 0.3) is 0 Å². The van der Waals surface area contributed by atoms with Crippen LogP contribution in [-0.4, -0.2) is 12.4 Å². The molecule has 0 bridgehead atoms. The lowest BCUT2D eigenvalue weighted by molar-refractivity contribution is 0.103. The van der Waals surface area contributed by atoms with Crippen molar-refractivity contribution in [3.05, 3.63) is 64.5 Å². The Morgan fingerprint density at radius 1 is 1.10 bits per heavy atom. The van der Waals surface area contributed by atoms with Gasteiger partial charge in [-0.3, -0.25) is 4.79 Å². The molecule has 0 aliphatic heterocycles. The Labute approximate surface area is 120 Å². The second-order valence-corrected chi connectivity index (χ2v) is 4.52. The first kappa shape index (κ1) is 15.1. The van der Waals surface area contributed by atoms with E-state index in [1.807, 2.05) is 0 Å². The van der Waals surface area contributed by atoms with Gasteiger partial charge in [0.1, 0.15) is 5.75 Å². The molecule has 0 heterocycles. The summed E-state index contributed by atoms with van der Waals surface area (Å²) >= 11 is 0. The van der Waals surface area contributed by atoms with Crippen LogP contribution in [0.4, 0.5) is 13.2 Å². The van der Waals surface area contributed by atoms with Crippen LogP contribution in [0.5, 0.6) is 5.75 Å².